The Labute approximate surface area is 127 Å². The fraction of sp³-hybridized carbons (Fsp3) is 0.538. The van der Waals surface area contributed by atoms with Crippen LogP contribution in [0.5, 0.6) is 0 Å². The Hall–Kier alpha value is -0.660. The Bertz CT molecular complexity index is 607. The second-order valence-corrected chi connectivity index (χ2v) is 7.83. The molecule has 1 aromatic carbocycles. The van der Waals surface area contributed by atoms with Gasteiger partial charge in [0, 0.05) is 17.1 Å². The van der Waals surface area contributed by atoms with E-state index in [1.807, 2.05) is 6.92 Å². The highest BCUT2D eigenvalue weighted by Gasteiger charge is 2.31. The number of halogens is 2. The van der Waals surface area contributed by atoms with Crippen LogP contribution in [0.1, 0.15) is 32.6 Å². The number of anilines is 1. The zero-order chi connectivity index (χ0) is 14.9. The van der Waals surface area contributed by atoms with Crippen molar-refractivity contribution in [3.05, 3.63) is 22.4 Å². The molecule has 2 N–H and O–H groups in total. The summed E-state index contributed by atoms with van der Waals surface area (Å²) in [5.74, 6) is -0.625. The van der Waals surface area contributed by atoms with Crippen LogP contribution < -0.4 is 5.73 Å². The van der Waals surface area contributed by atoms with Crippen LogP contribution in [-0.4, -0.2) is 25.3 Å². The number of nitrogen functional groups attached to an aromatic ring is 1. The van der Waals surface area contributed by atoms with Crippen molar-refractivity contribution >= 4 is 31.6 Å². The second-order valence-electron chi connectivity index (χ2n) is 5.12. The third-order valence-electron chi connectivity index (χ3n) is 3.63. The van der Waals surface area contributed by atoms with Crippen LogP contribution in [0.25, 0.3) is 0 Å². The number of sulfonamides is 1. The first-order valence-corrected chi connectivity index (χ1v) is 8.83. The first-order valence-electron chi connectivity index (χ1n) is 6.60. The van der Waals surface area contributed by atoms with Crippen LogP contribution >= 0.6 is 15.9 Å². The lowest BCUT2D eigenvalue weighted by molar-refractivity contribution is 0.342. The second kappa shape index (κ2) is 5.99. The minimum absolute atomic E-state index is 0.0325. The molecule has 20 heavy (non-hydrogen) atoms. The first kappa shape index (κ1) is 15.7. The molecule has 1 saturated heterocycles. The fourth-order valence-electron chi connectivity index (χ4n) is 2.47. The molecule has 4 nitrogen and oxygen atoms in total. The standard InChI is InChI=1S/C13H18BrFN2O2S/c1-9-5-3-2-4-6-17(9)20(18,19)13-8-12(16)11(15)7-10(13)14/h7-9H,2-6,16H2,1H3. The van der Waals surface area contributed by atoms with Crippen molar-refractivity contribution in [1.29, 1.82) is 0 Å². The highest BCUT2D eigenvalue weighted by Crippen LogP contribution is 2.31. The normalized spacial score (nSPS) is 21.6. The van der Waals surface area contributed by atoms with Crippen LogP contribution in [0.2, 0.25) is 0 Å². The molecule has 2 rings (SSSR count). The van der Waals surface area contributed by atoms with Crippen LogP contribution in [0.3, 0.4) is 0 Å². The molecule has 0 aliphatic carbocycles. The molecule has 1 aliphatic rings. The van der Waals surface area contributed by atoms with Crippen molar-refractivity contribution in [2.45, 2.75) is 43.5 Å². The van der Waals surface area contributed by atoms with E-state index < -0.39 is 15.8 Å². The van der Waals surface area contributed by atoms with E-state index in [0.29, 0.717) is 6.54 Å². The van der Waals surface area contributed by atoms with E-state index >= 15 is 0 Å². The number of nitrogens with zero attached hydrogens (tertiary/aromatic N) is 1. The molecule has 1 fully saturated rings. The maximum Gasteiger partial charge on any atom is 0.244 e. The molecule has 7 heteroatoms. The highest BCUT2D eigenvalue weighted by molar-refractivity contribution is 9.10. The van der Waals surface area contributed by atoms with Gasteiger partial charge in [-0.3, -0.25) is 0 Å². The predicted octanol–water partition coefficient (Wildman–Crippen LogP) is 3.12. The molecule has 1 unspecified atom stereocenters. The van der Waals surface area contributed by atoms with Gasteiger partial charge in [0.05, 0.1) is 10.6 Å². The maximum atomic E-state index is 13.4. The third-order valence-corrected chi connectivity index (χ3v) is 6.60. The third kappa shape index (κ3) is 2.99. The van der Waals surface area contributed by atoms with E-state index in [9.17, 15) is 12.8 Å². The lowest BCUT2D eigenvalue weighted by Gasteiger charge is -2.26. The summed E-state index contributed by atoms with van der Waals surface area (Å²) in [4.78, 5) is 0.0325. The van der Waals surface area contributed by atoms with Crippen LogP contribution in [0, 0.1) is 5.82 Å². The van der Waals surface area contributed by atoms with Crippen molar-refractivity contribution in [2.75, 3.05) is 12.3 Å². The minimum atomic E-state index is -3.66. The van der Waals surface area contributed by atoms with Gasteiger partial charge in [-0.2, -0.15) is 4.31 Å². The van der Waals surface area contributed by atoms with Crippen molar-refractivity contribution in [3.63, 3.8) is 0 Å². The van der Waals surface area contributed by atoms with E-state index in [1.54, 1.807) is 0 Å². The summed E-state index contributed by atoms with van der Waals surface area (Å²) in [6, 6.07) is 2.23. The van der Waals surface area contributed by atoms with Crippen molar-refractivity contribution in [3.8, 4) is 0 Å². The summed E-state index contributed by atoms with van der Waals surface area (Å²) in [6.45, 7) is 2.40. The van der Waals surface area contributed by atoms with Crippen molar-refractivity contribution in [2.24, 2.45) is 0 Å². The minimum Gasteiger partial charge on any atom is -0.396 e. The lowest BCUT2D eigenvalue weighted by atomic mass is 10.1. The van der Waals surface area contributed by atoms with E-state index in [1.165, 1.54) is 10.4 Å². The van der Waals surface area contributed by atoms with Gasteiger partial charge >= 0.3 is 0 Å². The molecule has 0 amide bonds. The first-order chi connectivity index (χ1) is 9.34. The number of hydrogen-bond acceptors (Lipinski definition) is 3. The van der Waals surface area contributed by atoms with Crippen LogP contribution in [0.4, 0.5) is 10.1 Å². The van der Waals surface area contributed by atoms with Gasteiger partial charge in [0.25, 0.3) is 0 Å². The smallest absolute Gasteiger partial charge is 0.244 e. The zero-order valence-electron chi connectivity index (χ0n) is 11.3. The number of rotatable bonds is 2. The maximum absolute atomic E-state index is 13.4. The zero-order valence-corrected chi connectivity index (χ0v) is 13.7. The molecule has 0 aromatic heterocycles. The summed E-state index contributed by atoms with van der Waals surface area (Å²) in [5.41, 5.74) is 5.34. The summed E-state index contributed by atoms with van der Waals surface area (Å²) < 4.78 is 40.6. The predicted molar refractivity (Wildman–Crippen MR) is 80.3 cm³/mol. The largest absolute Gasteiger partial charge is 0.396 e. The molecule has 1 aliphatic heterocycles. The summed E-state index contributed by atoms with van der Waals surface area (Å²) >= 11 is 3.12. The van der Waals surface area contributed by atoms with Gasteiger partial charge in [0.1, 0.15) is 5.82 Å². The molecule has 0 saturated carbocycles. The summed E-state index contributed by atoms with van der Waals surface area (Å²) in [5, 5.41) is 0. The Morgan fingerprint density at radius 1 is 1.35 bits per heavy atom. The molecule has 0 radical (unpaired) electrons. The fourth-order valence-corrected chi connectivity index (χ4v) is 5.19. The van der Waals surface area contributed by atoms with E-state index in [4.69, 9.17) is 5.73 Å². The molecule has 1 aromatic rings. The van der Waals surface area contributed by atoms with E-state index in [-0.39, 0.29) is 21.1 Å². The van der Waals surface area contributed by atoms with Gasteiger partial charge in [-0.15, -0.1) is 0 Å². The van der Waals surface area contributed by atoms with Crippen LogP contribution in [-0.2, 0) is 10.0 Å². The molecule has 1 atom stereocenters. The van der Waals surface area contributed by atoms with Gasteiger partial charge in [0.15, 0.2) is 0 Å². The van der Waals surface area contributed by atoms with E-state index in [2.05, 4.69) is 15.9 Å². The molecule has 1 heterocycles. The number of benzene rings is 1. The number of hydrogen-bond donors (Lipinski definition) is 1. The summed E-state index contributed by atoms with van der Waals surface area (Å²) in [6.07, 6.45) is 3.74. The van der Waals surface area contributed by atoms with Crippen molar-refractivity contribution < 1.29 is 12.8 Å². The van der Waals surface area contributed by atoms with Crippen molar-refractivity contribution in [1.82, 2.24) is 4.31 Å². The van der Waals surface area contributed by atoms with Gasteiger partial charge in [-0.25, -0.2) is 12.8 Å². The quantitative estimate of drug-likeness (QED) is 0.819. The van der Waals surface area contributed by atoms with Gasteiger partial charge in [-0.05, 0) is 47.8 Å². The Morgan fingerprint density at radius 3 is 2.75 bits per heavy atom. The summed E-state index contributed by atoms with van der Waals surface area (Å²) in [7, 11) is -3.66. The van der Waals surface area contributed by atoms with Gasteiger partial charge in [-0.1, -0.05) is 12.8 Å². The molecular weight excluding hydrogens is 347 g/mol. The topological polar surface area (TPSA) is 63.4 Å². The van der Waals surface area contributed by atoms with Gasteiger partial charge < -0.3 is 5.73 Å². The lowest BCUT2D eigenvalue weighted by Crippen LogP contribution is -2.38. The Balaban J connectivity index is 2.46. The molecule has 0 spiro atoms. The molecular formula is C13H18BrFN2O2S. The highest BCUT2D eigenvalue weighted by atomic mass is 79.9. The van der Waals surface area contributed by atoms with Gasteiger partial charge in [0.2, 0.25) is 10.0 Å². The van der Waals surface area contributed by atoms with Crippen LogP contribution in [0.15, 0.2) is 21.5 Å². The Morgan fingerprint density at radius 2 is 2.05 bits per heavy atom. The number of nitrogens with two attached hydrogens (primary N) is 1. The SMILES string of the molecule is CC1CCCCCN1S(=O)(=O)c1cc(N)c(F)cc1Br. The average Bonchev–Trinajstić information content (AvgIpc) is 2.58. The Kier molecular flexibility index (Phi) is 4.71. The van der Waals surface area contributed by atoms with E-state index in [0.717, 1.165) is 31.7 Å². The monoisotopic (exact) mass is 364 g/mol. The molecule has 112 valence electrons. The average molecular weight is 365 g/mol. The molecule has 0 bridgehead atoms.